The number of nitrogens with zero attached hydrogens (tertiary/aromatic N) is 1. The summed E-state index contributed by atoms with van der Waals surface area (Å²) in [6.45, 7) is 4.39. The third kappa shape index (κ3) is 3.82. The Hall–Kier alpha value is -2.82. The molecular formula is C20H22N2O3. The van der Waals surface area contributed by atoms with E-state index in [4.69, 9.17) is 4.74 Å². The molecule has 5 heteroatoms. The van der Waals surface area contributed by atoms with Gasteiger partial charge in [0.05, 0.1) is 13.2 Å². The Labute approximate surface area is 147 Å². The van der Waals surface area contributed by atoms with E-state index in [0.717, 1.165) is 16.8 Å². The second kappa shape index (κ2) is 6.97. The van der Waals surface area contributed by atoms with Gasteiger partial charge in [0.2, 0.25) is 5.91 Å². The molecule has 0 aliphatic carbocycles. The van der Waals surface area contributed by atoms with E-state index in [-0.39, 0.29) is 17.9 Å². The summed E-state index contributed by atoms with van der Waals surface area (Å²) in [5.41, 5.74) is 3.51. The quantitative estimate of drug-likeness (QED) is 0.932. The number of nitrogens with one attached hydrogen (secondary N) is 1. The van der Waals surface area contributed by atoms with E-state index in [1.165, 1.54) is 0 Å². The Bertz CT molecular complexity index is 796. The van der Waals surface area contributed by atoms with E-state index in [0.29, 0.717) is 24.3 Å². The molecule has 1 atom stereocenters. The first-order valence-electron chi connectivity index (χ1n) is 8.30. The predicted molar refractivity (Wildman–Crippen MR) is 97.1 cm³/mol. The number of anilines is 1. The first-order valence-corrected chi connectivity index (χ1v) is 8.30. The number of aryl methyl sites for hydroxylation is 2. The van der Waals surface area contributed by atoms with Gasteiger partial charge in [0, 0.05) is 30.3 Å². The molecule has 1 aliphatic heterocycles. The molecular weight excluding hydrogens is 316 g/mol. The van der Waals surface area contributed by atoms with Crippen molar-refractivity contribution in [3.05, 3.63) is 59.2 Å². The van der Waals surface area contributed by atoms with Crippen LogP contribution in [0.2, 0.25) is 0 Å². The van der Waals surface area contributed by atoms with E-state index >= 15 is 0 Å². The van der Waals surface area contributed by atoms with Gasteiger partial charge >= 0.3 is 0 Å². The molecule has 2 aromatic carbocycles. The molecule has 130 valence electrons. The van der Waals surface area contributed by atoms with E-state index in [1.807, 2.05) is 56.3 Å². The van der Waals surface area contributed by atoms with Gasteiger partial charge in [0.1, 0.15) is 5.75 Å². The molecule has 0 saturated carbocycles. The van der Waals surface area contributed by atoms with Crippen LogP contribution < -0.4 is 15.0 Å². The summed E-state index contributed by atoms with van der Waals surface area (Å²) in [6.07, 6.45) is 0.299. The second-order valence-electron chi connectivity index (χ2n) is 6.46. The monoisotopic (exact) mass is 338 g/mol. The number of carbonyl (C=O) groups is 2. The summed E-state index contributed by atoms with van der Waals surface area (Å²) in [5.74, 6) is 0.559. The zero-order chi connectivity index (χ0) is 18.0. The summed E-state index contributed by atoms with van der Waals surface area (Å²) in [4.78, 5) is 26.5. The van der Waals surface area contributed by atoms with Crippen molar-refractivity contribution in [1.29, 1.82) is 0 Å². The summed E-state index contributed by atoms with van der Waals surface area (Å²) in [7, 11) is 1.60. The fourth-order valence-corrected chi connectivity index (χ4v) is 3.21. The molecule has 2 aromatic rings. The van der Waals surface area contributed by atoms with Crippen molar-refractivity contribution >= 4 is 17.5 Å². The molecule has 1 saturated heterocycles. The fourth-order valence-electron chi connectivity index (χ4n) is 3.21. The predicted octanol–water partition coefficient (Wildman–Crippen LogP) is 2.85. The summed E-state index contributed by atoms with van der Waals surface area (Å²) in [5, 5.41) is 2.98. The van der Waals surface area contributed by atoms with E-state index in [2.05, 4.69) is 5.32 Å². The van der Waals surface area contributed by atoms with Gasteiger partial charge in [-0.15, -0.1) is 0 Å². The van der Waals surface area contributed by atoms with Gasteiger partial charge in [0.15, 0.2) is 0 Å². The van der Waals surface area contributed by atoms with Gasteiger partial charge in [-0.05, 0) is 38.1 Å². The summed E-state index contributed by atoms with van der Waals surface area (Å²) < 4.78 is 5.21. The maximum atomic E-state index is 12.5. The van der Waals surface area contributed by atoms with Crippen molar-refractivity contribution in [1.82, 2.24) is 5.32 Å². The molecule has 2 amide bonds. The number of benzene rings is 2. The molecule has 1 N–H and O–H groups in total. The average Bonchev–Trinajstić information content (AvgIpc) is 2.94. The van der Waals surface area contributed by atoms with Gasteiger partial charge in [-0.25, -0.2) is 0 Å². The molecule has 1 aliphatic rings. The molecule has 0 bridgehead atoms. The van der Waals surface area contributed by atoms with Crippen molar-refractivity contribution in [2.24, 2.45) is 0 Å². The third-order valence-corrected chi connectivity index (χ3v) is 4.31. The molecule has 1 fully saturated rings. The minimum Gasteiger partial charge on any atom is -0.497 e. The zero-order valence-corrected chi connectivity index (χ0v) is 14.7. The number of ether oxygens (including phenoxy) is 1. The molecule has 25 heavy (non-hydrogen) atoms. The van der Waals surface area contributed by atoms with Crippen molar-refractivity contribution in [3.63, 3.8) is 0 Å². The van der Waals surface area contributed by atoms with E-state index in [9.17, 15) is 9.59 Å². The summed E-state index contributed by atoms with van der Waals surface area (Å²) in [6, 6.07) is 12.9. The van der Waals surface area contributed by atoms with Crippen LogP contribution in [0, 0.1) is 13.8 Å². The highest BCUT2D eigenvalue weighted by Gasteiger charge is 2.32. The van der Waals surface area contributed by atoms with Crippen LogP contribution in [-0.4, -0.2) is 31.5 Å². The summed E-state index contributed by atoms with van der Waals surface area (Å²) >= 11 is 0. The van der Waals surface area contributed by atoms with Crippen LogP contribution in [-0.2, 0) is 4.79 Å². The van der Waals surface area contributed by atoms with Crippen LogP contribution in [0.15, 0.2) is 42.5 Å². The van der Waals surface area contributed by atoms with Crippen molar-refractivity contribution < 1.29 is 14.3 Å². The Morgan fingerprint density at radius 3 is 2.56 bits per heavy atom. The first kappa shape index (κ1) is 17.0. The molecule has 0 spiro atoms. The van der Waals surface area contributed by atoms with Crippen LogP contribution >= 0.6 is 0 Å². The highest BCUT2D eigenvalue weighted by Crippen LogP contribution is 2.25. The zero-order valence-electron chi connectivity index (χ0n) is 14.7. The molecule has 0 aromatic heterocycles. The van der Waals surface area contributed by atoms with Crippen molar-refractivity contribution in [3.8, 4) is 5.75 Å². The number of hydrogen-bond donors (Lipinski definition) is 1. The van der Waals surface area contributed by atoms with Gasteiger partial charge < -0.3 is 15.0 Å². The van der Waals surface area contributed by atoms with Gasteiger partial charge in [-0.1, -0.05) is 23.3 Å². The van der Waals surface area contributed by atoms with Crippen LogP contribution in [0.3, 0.4) is 0 Å². The SMILES string of the molecule is COc1cccc(N2C[C@H](NC(=O)c3cc(C)cc(C)c3)CC2=O)c1. The number of amides is 2. The molecule has 1 heterocycles. The Kier molecular flexibility index (Phi) is 4.74. The van der Waals surface area contributed by atoms with Crippen LogP contribution in [0.5, 0.6) is 5.75 Å². The molecule has 0 radical (unpaired) electrons. The topological polar surface area (TPSA) is 58.6 Å². The number of methoxy groups -OCH3 is 1. The van der Waals surface area contributed by atoms with Crippen LogP contribution in [0.25, 0.3) is 0 Å². The second-order valence-corrected chi connectivity index (χ2v) is 6.46. The lowest BCUT2D eigenvalue weighted by molar-refractivity contribution is -0.117. The lowest BCUT2D eigenvalue weighted by Gasteiger charge is -2.18. The lowest BCUT2D eigenvalue weighted by atomic mass is 10.1. The average molecular weight is 338 g/mol. The van der Waals surface area contributed by atoms with Gasteiger partial charge in [-0.3, -0.25) is 9.59 Å². The Balaban J connectivity index is 1.71. The first-order chi connectivity index (χ1) is 12.0. The minimum atomic E-state index is -0.202. The standard InChI is InChI=1S/C20H22N2O3/c1-13-7-14(2)9-15(8-13)20(24)21-16-10-19(23)22(12-16)17-5-4-6-18(11-17)25-3/h4-9,11,16H,10,12H2,1-3H3,(H,21,24)/t16-/m1/s1. The van der Waals surface area contributed by atoms with E-state index < -0.39 is 0 Å². The normalized spacial score (nSPS) is 16.8. The highest BCUT2D eigenvalue weighted by molar-refractivity contribution is 5.99. The van der Waals surface area contributed by atoms with E-state index in [1.54, 1.807) is 12.0 Å². The van der Waals surface area contributed by atoms with Gasteiger partial charge in [-0.2, -0.15) is 0 Å². The lowest BCUT2D eigenvalue weighted by Crippen LogP contribution is -2.37. The van der Waals surface area contributed by atoms with Gasteiger partial charge in [0.25, 0.3) is 5.91 Å². The molecule has 5 nitrogen and oxygen atoms in total. The Morgan fingerprint density at radius 1 is 1.16 bits per heavy atom. The smallest absolute Gasteiger partial charge is 0.251 e. The van der Waals surface area contributed by atoms with Crippen molar-refractivity contribution in [2.45, 2.75) is 26.3 Å². The number of hydrogen-bond acceptors (Lipinski definition) is 3. The minimum absolute atomic E-state index is 0.000948. The number of rotatable bonds is 4. The maximum absolute atomic E-state index is 12.5. The molecule has 0 unspecified atom stereocenters. The van der Waals surface area contributed by atoms with Crippen molar-refractivity contribution in [2.75, 3.05) is 18.6 Å². The van der Waals surface area contributed by atoms with Crippen LogP contribution in [0.1, 0.15) is 27.9 Å². The third-order valence-electron chi connectivity index (χ3n) is 4.31. The highest BCUT2D eigenvalue weighted by atomic mass is 16.5. The molecule has 3 rings (SSSR count). The largest absolute Gasteiger partial charge is 0.497 e. The fraction of sp³-hybridized carbons (Fsp3) is 0.300. The Morgan fingerprint density at radius 2 is 1.88 bits per heavy atom. The van der Waals surface area contributed by atoms with Crippen LogP contribution in [0.4, 0.5) is 5.69 Å². The number of carbonyl (C=O) groups excluding carboxylic acids is 2. The maximum Gasteiger partial charge on any atom is 0.251 e.